The van der Waals surface area contributed by atoms with Crippen LogP contribution >= 0.6 is 27.5 Å². The molecule has 1 fully saturated rings. The number of rotatable bonds is 3. The van der Waals surface area contributed by atoms with Crippen molar-refractivity contribution in [2.75, 3.05) is 31.5 Å². The smallest absolute Gasteiger partial charge is 0.321 e. The molecular weight excluding hydrogens is 448 g/mol. The molecule has 2 heterocycles. The van der Waals surface area contributed by atoms with E-state index in [9.17, 15) is 14.4 Å². The van der Waals surface area contributed by atoms with Crippen LogP contribution in [0.5, 0.6) is 0 Å². The summed E-state index contributed by atoms with van der Waals surface area (Å²) in [5.41, 5.74) is 0.401. The minimum absolute atomic E-state index is 0.0208. The number of benzene rings is 1. The second kappa shape index (κ2) is 9.25. The molecule has 0 bridgehead atoms. The van der Waals surface area contributed by atoms with Gasteiger partial charge in [-0.05, 0) is 46.6 Å². The number of hydrogen-bond acceptors (Lipinski definition) is 3. The predicted molar refractivity (Wildman–Crippen MR) is 112 cm³/mol. The first-order valence-corrected chi connectivity index (χ1v) is 10.0. The highest BCUT2D eigenvalue weighted by Crippen LogP contribution is 2.16. The van der Waals surface area contributed by atoms with Crippen molar-refractivity contribution in [1.82, 2.24) is 14.4 Å². The van der Waals surface area contributed by atoms with Gasteiger partial charge in [0.1, 0.15) is 6.54 Å². The van der Waals surface area contributed by atoms with Crippen molar-refractivity contribution in [2.45, 2.75) is 13.0 Å². The lowest BCUT2D eigenvalue weighted by Gasteiger charge is -2.23. The van der Waals surface area contributed by atoms with E-state index >= 15 is 0 Å². The molecule has 3 rings (SSSR count). The molecule has 0 aliphatic carbocycles. The van der Waals surface area contributed by atoms with Crippen LogP contribution in [0.4, 0.5) is 10.5 Å². The average molecular weight is 468 g/mol. The van der Waals surface area contributed by atoms with Gasteiger partial charge < -0.3 is 19.7 Å². The Balaban J connectivity index is 1.58. The van der Waals surface area contributed by atoms with Gasteiger partial charge in [-0.25, -0.2) is 4.79 Å². The number of carbonyl (C=O) groups excluding carboxylic acids is 2. The molecule has 0 unspecified atom stereocenters. The van der Waals surface area contributed by atoms with Gasteiger partial charge in [-0.3, -0.25) is 9.59 Å². The SMILES string of the molecule is O=C(Cn1cc(Br)ccc1=O)N1CCCN(C(=O)Nc2cccc(Cl)c2)CC1. The van der Waals surface area contributed by atoms with Crippen LogP contribution in [0.2, 0.25) is 5.02 Å². The number of nitrogens with one attached hydrogen (secondary N) is 1. The summed E-state index contributed by atoms with van der Waals surface area (Å²) in [4.78, 5) is 40.4. The topological polar surface area (TPSA) is 74.7 Å². The summed E-state index contributed by atoms with van der Waals surface area (Å²) in [6.45, 7) is 1.92. The molecule has 1 aromatic heterocycles. The Bertz CT molecular complexity index is 933. The van der Waals surface area contributed by atoms with Gasteiger partial charge in [-0.15, -0.1) is 0 Å². The Morgan fingerprint density at radius 1 is 1.07 bits per heavy atom. The Morgan fingerprint density at radius 2 is 1.82 bits per heavy atom. The molecule has 148 valence electrons. The first kappa shape index (κ1) is 20.4. The van der Waals surface area contributed by atoms with Gasteiger partial charge >= 0.3 is 6.03 Å². The van der Waals surface area contributed by atoms with Gasteiger partial charge in [-0.1, -0.05) is 17.7 Å². The maximum atomic E-state index is 12.6. The zero-order chi connectivity index (χ0) is 20.1. The lowest BCUT2D eigenvalue weighted by Crippen LogP contribution is -2.40. The lowest BCUT2D eigenvalue weighted by molar-refractivity contribution is -0.131. The highest BCUT2D eigenvalue weighted by atomic mass is 79.9. The molecule has 2 aromatic rings. The van der Waals surface area contributed by atoms with Gasteiger partial charge in [0.25, 0.3) is 5.56 Å². The normalized spacial score (nSPS) is 14.5. The van der Waals surface area contributed by atoms with E-state index in [2.05, 4.69) is 21.2 Å². The summed E-state index contributed by atoms with van der Waals surface area (Å²) in [6, 6.07) is 9.80. The Labute approximate surface area is 176 Å². The van der Waals surface area contributed by atoms with Crippen molar-refractivity contribution in [2.24, 2.45) is 0 Å². The molecule has 3 amide bonds. The molecular formula is C19H20BrClN4O3. The number of nitrogens with zero attached hydrogens (tertiary/aromatic N) is 3. The maximum Gasteiger partial charge on any atom is 0.321 e. The second-order valence-corrected chi connectivity index (χ2v) is 7.83. The third kappa shape index (κ3) is 5.36. The summed E-state index contributed by atoms with van der Waals surface area (Å²) in [7, 11) is 0. The third-order valence-electron chi connectivity index (χ3n) is 4.46. The first-order valence-electron chi connectivity index (χ1n) is 8.87. The molecule has 1 aliphatic rings. The van der Waals surface area contributed by atoms with Crippen LogP contribution in [0.15, 0.2) is 51.9 Å². The molecule has 0 saturated carbocycles. The van der Waals surface area contributed by atoms with Crippen molar-refractivity contribution < 1.29 is 9.59 Å². The van der Waals surface area contributed by atoms with Gasteiger partial charge in [-0.2, -0.15) is 0 Å². The van der Waals surface area contributed by atoms with Gasteiger partial charge in [0.2, 0.25) is 5.91 Å². The number of urea groups is 1. The van der Waals surface area contributed by atoms with Crippen molar-refractivity contribution in [3.63, 3.8) is 0 Å². The van der Waals surface area contributed by atoms with Gasteiger partial charge in [0.15, 0.2) is 0 Å². The average Bonchev–Trinajstić information content (AvgIpc) is 2.91. The summed E-state index contributed by atoms with van der Waals surface area (Å²) >= 11 is 9.25. The minimum Gasteiger partial charge on any atom is -0.339 e. The number of halogens is 2. The van der Waals surface area contributed by atoms with Crippen molar-refractivity contribution in [1.29, 1.82) is 0 Å². The van der Waals surface area contributed by atoms with Crippen LogP contribution in [0.1, 0.15) is 6.42 Å². The summed E-state index contributed by atoms with van der Waals surface area (Å²) in [6.07, 6.45) is 2.27. The molecule has 0 spiro atoms. The standard InChI is InChI=1S/C19H20BrClN4O3/c20-14-5-6-17(26)25(12-14)13-18(27)23-7-2-8-24(10-9-23)19(28)22-16-4-1-3-15(21)11-16/h1,3-6,11-12H,2,7-10,13H2,(H,22,28). The van der Waals surface area contributed by atoms with E-state index in [1.54, 1.807) is 46.3 Å². The molecule has 9 heteroatoms. The van der Waals surface area contributed by atoms with Crippen LogP contribution in [0.25, 0.3) is 0 Å². The molecule has 1 saturated heterocycles. The van der Waals surface area contributed by atoms with Crippen LogP contribution < -0.4 is 10.9 Å². The summed E-state index contributed by atoms with van der Waals surface area (Å²) in [5, 5.41) is 3.38. The monoisotopic (exact) mass is 466 g/mol. The highest BCUT2D eigenvalue weighted by molar-refractivity contribution is 9.10. The Kier molecular flexibility index (Phi) is 6.74. The summed E-state index contributed by atoms with van der Waals surface area (Å²) in [5.74, 6) is -0.141. The van der Waals surface area contributed by atoms with Crippen LogP contribution in [0, 0.1) is 0 Å². The molecule has 0 atom stereocenters. The predicted octanol–water partition coefficient (Wildman–Crippen LogP) is 3.03. The number of hydrogen-bond donors (Lipinski definition) is 1. The fourth-order valence-electron chi connectivity index (χ4n) is 3.01. The first-order chi connectivity index (χ1) is 13.4. The van der Waals surface area contributed by atoms with E-state index in [0.29, 0.717) is 43.3 Å². The van der Waals surface area contributed by atoms with Gasteiger partial charge in [0, 0.05) is 53.6 Å². The third-order valence-corrected chi connectivity index (χ3v) is 5.17. The van der Waals surface area contributed by atoms with Crippen molar-refractivity contribution in [3.05, 3.63) is 62.4 Å². The van der Waals surface area contributed by atoms with E-state index in [1.807, 2.05) is 0 Å². The second-order valence-electron chi connectivity index (χ2n) is 6.48. The van der Waals surface area contributed by atoms with Crippen LogP contribution in [-0.2, 0) is 11.3 Å². The van der Waals surface area contributed by atoms with E-state index in [4.69, 9.17) is 11.6 Å². The van der Waals surface area contributed by atoms with Crippen molar-refractivity contribution >= 4 is 45.2 Å². The number of pyridine rings is 1. The fraction of sp³-hybridized carbons (Fsp3) is 0.316. The molecule has 28 heavy (non-hydrogen) atoms. The van der Waals surface area contributed by atoms with E-state index in [-0.39, 0.29) is 24.0 Å². The lowest BCUT2D eigenvalue weighted by atomic mass is 10.3. The zero-order valence-electron chi connectivity index (χ0n) is 15.1. The molecule has 0 radical (unpaired) electrons. The highest BCUT2D eigenvalue weighted by Gasteiger charge is 2.22. The Hall–Kier alpha value is -2.32. The quantitative estimate of drug-likeness (QED) is 0.754. The molecule has 1 aromatic carbocycles. The maximum absolute atomic E-state index is 12.6. The molecule has 7 nitrogen and oxygen atoms in total. The number of anilines is 1. The van der Waals surface area contributed by atoms with Crippen molar-refractivity contribution in [3.8, 4) is 0 Å². The van der Waals surface area contributed by atoms with Crippen LogP contribution in [-0.4, -0.2) is 52.5 Å². The molecule has 1 N–H and O–H groups in total. The van der Waals surface area contributed by atoms with E-state index < -0.39 is 0 Å². The van der Waals surface area contributed by atoms with Gasteiger partial charge in [0.05, 0.1) is 0 Å². The number of carbonyl (C=O) groups is 2. The summed E-state index contributed by atoms with van der Waals surface area (Å²) < 4.78 is 2.11. The zero-order valence-corrected chi connectivity index (χ0v) is 17.4. The van der Waals surface area contributed by atoms with Crippen LogP contribution in [0.3, 0.4) is 0 Å². The minimum atomic E-state index is -0.228. The van der Waals surface area contributed by atoms with E-state index in [0.717, 1.165) is 4.47 Å². The number of amides is 3. The Morgan fingerprint density at radius 3 is 2.61 bits per heavy atom. The number of aromatic nitrogens is 1. The fourth-order valence-corrected chi connectivity index (χ4v) is 3.58. The largest absolute Gasteiger partial charge is 0.339 e. The molecule has 1 aliphatic heterocycles. The van der Waals surface area contributed by atoms with E-state index in [1.165, 1.54) is 10.6 Å².